The van der Waals surface area contributed by atoms with Crippen molar-refractivity contribution in [2.75, 3.05) is 6.54 Å². The van der Waals surface area contributed by atoms with E-state index in [1.807, 2.05) is 0 Å². The maximum Gasteiger partial charge on any atom is 0.265 e. The fraction of sp³-hybridized carbons (Fsp3) is 0.333. The van der Waals surface area contributed by atoms with Crippen LogP contribution in [0.5, 0.6) is 0 Å². The van der Waals surface area contributed by atoms with Crippen molar-refractivity contribution in [1.29, 1.82) is 0 Å². The van der Waals surface area contributed by atoms with E-state index in [0.29, 0.717) is 16.1 Å². The molecule has 26 heavy (non-hydrogen) atoms. The largest absolute Gasteiger partial charge is 0.505 e. The summed E-state index contributed by atoms with van der Waals surface area (Å²) in [6.45, 7) is 4.42. The Balaban J connectivity index is 0.000000758. The molecule has 0 unspecified atom stereocenters. The Morgan fingerprint density at radius 3 is 2.46 bits per heavy atom. The fourth-order valence-electron chi connectivity index (χ4n) is 2.26. The van der Waals surface area contributed by atoms with Gasteiger partial charge in [0.1, 0.15) is 5.76 Å². The van der Waals surface area contributed by atoms with E-state index in [-0.39, 0.29) is 24.4 Å². The van der Waals surface area contributed by atoms with Crippen LogP contribution in [-0.2, 0) is 6.54 Å². The third kappa shape index (κ3) is 4.82. The van der Waals surface area contributed by atoms with Crippen LogP contribution in [0.2, 0.25) is 5.02 Å². The Hall–Kier alpha value is -2.41. The summed E-state index contributed by atoms with van der Waals surface area (Å²) in [6.07, 6.45) is 3.14. The zero-order valence-corrected chi connectivity index (χ0v) is 15.3. The zero-order chi connectivity index (χ0) is 19.1. The molecule has 1 aromatic carbocycles. The number of alkyl halides is 2. The molecule has 0 spiro atoms. The lowest BCUT2D eigenvalue weighted by Crippen LogP contribution is -2.28. The van der Waals surface area contributed by atoms with Crippen LogP contribution in [-0.4, -0.2) is 28.0 Å². The van der Waals surface area contributed by atoms with E-state index >= 15 is 0 Å². The molecule has 1 aliphatic heterocycles. The van der Waals surface area contributed by atoms with Gasteiger partial charge in [0.05, 0.1) is 22.3 Å². The van der Waals surface area contributed by atoms with Gasteiger partial charge in [-0.15, -0.1) is 0 Å². The maximum atomic E-state index is 12.8. The topological polar surface area (TPSA) is 70.1 Å². The van der Waals surface area contributed by atoms with Crippen molar-refractivity contribution in [1.82, 2.24) is 20.6 Å². The van der Waals surface area contributed by atoms with Crippen LogP contribution in [0.25, 0.3) is 11.0 Å². The number of aliphatic hydroxyl groups is 1. The molecule has 3 rings (SSSR count). The van der Waals surface area contributed by atoms with Crippen molar-refractivity contribution < 1.29 is 13.9 Å². The van der Waals surface area contributed by atoms with Crippen LogP contribution < -0.4 is 10.6 Å². The highest BCUT2D eigenvalue weighted by molar-refractivity contribution is 6.32. The zero-order valence-electron chi connectivity index (χ0n) is 14.6. The highest BCUT2D eigenvalue weighted by Crippen LogP contribution is 2.23. The number of aliphatic hydroxyl groups excluding tert-OH is 1. The van der Waals surface area contributed by atoms with E-state index < -0.39 is 12.2 Å². The van der Waals surface area contributed by atoms with Crippen LogP contribution >= 0.6 is 11.6 Å². The average Bonchev–Trinajstić information content (AvgIpc) is 2.61. The number of nitrogens with zero attached hydrogens (tertiary/aromatic N) is 2. The first-order valence-electron chi connectivity index (χ1n) is 8.25. The Morgan fingerprint density at radius 2 is 1.85 bits per heavy atom. The predicted octanol–water partition coefficient (Wildman–Crippen LogP) is 4.31. The van der Waals surface area contributed by atoms with Gasteiger partial charge < -0.3 is 15.7 Å². The smallest absolute Gasteiger partial charge is 0.265 e. The van der Waals surface area contributed by atoms with E-state index in [9.17, 15) is 13.9 Å². The molecule has 140 valence electrons. The van der Waals surface area contributed by atoms with E-state index in [2.05, 4.69) is 34.4 Å². The summed E-state index contributed by atoms with van der Waals surface area (Å²) < 4.78 is 25.6. The Kier molecular flexibility index (Phi) is 7.15. The number of dihydropyridines is 1. The summed E-state index contributed by atoms with van der Waals surface area (Å²) in [6, 6.07) is 3.46. The summed E-state index contributed by atoms with van der Waals surface area (Å²) in [7, 11) is 0. The van der Waals surface area contributed by atoms with E-state index in [4.69, 9.17) is 11.6 Å². The molecule has 0 amide bonds. The number of halogens is 3. The van der Waals surface area contributed by atoms with Gasteiger partial charge in [0.25, 0.3) is 6.43 Å². The molecule has 0 bridgehead atoms. The first-order valence-corrected chi connectivity index (χ1v) is 8.62. The predicted molar refractivity (Wildman–Crippen MR) is 99.1 cm³/mol. The third-order valence-corrected chi connectivity index (χ3v) is 3.82. The molecule has 3 N–H and O–H groups in total. The lowest BCUT2D eigenvalue weighted by Gasteiger charge is -2.20. The second kappa shape index (κ2) is 9.33. The second-order valence-electron chi connectivity index (χ2n) is 5.66. The van der Waals surface area contributed by atoms with Gasteiger partial charge >= 0.3 is 0 Å². The van der Waals surface area contributed by atoms with Gasteiger partial charge in [-0.05, 0) is 17.7 Å². The van der Waals surface area contributed by atoms with Crippen molar-refractivity contribution >= 4 is 22.6 Å². The van der Waals surface area contributed by atoms with Gasteiger partial charge in [-0.3, -0.25) is 9.97 Å². The highest BCUT2D eigenvalue weighted by atomic mass is 35.5. The van der Waals surface area contributed by atoms with Gasteiger partial charge in [0.2, 0.25) is 0 Å². The molecule has 8 heteroatoms. The Bertz CT molecular complexity index is 824. The first-order chi connectivity index (χ1) is 12.5. The molecule has 1 aromatic heterocycles. The Morgan fingerprint density at radius 1 is 1.23 bits per heavy atom. The normalized spacial score (nSPS) is 13.8. The average molecular weight is 383 g/mol. The minimum Gasteiger partial charge on any atom is -0.505 e. The van der Waals surface area contributed by atoms with Crippen LogP contribution in [0.4, 0.5) is 8.78 Å². The summed E-state index contributed by atoms with van der Waals surface area (Å²) >= 11 is 6.20. The van der Waals surface area contributed by atoms with Crippen molar-refractivity contribution in [3.8, 4) is 0 Å². The number of hydrogen-bond donors (Lipinski definition) is 3. The molecule has 5 nitrogen and oxygen atoms in total. The molecule has 1 aliphatic rings. The molecule has 2 aromatic rings. The molecular weight excluding hydrogens is 362 g/mol. The summed E-state index contributed by atoms with van der Waals surface area (Å²) in [5, 5.41) is 16.0. The second-order valence-corrected chi connectivity index (χ2v) is 6.07. The van der Waals surface area contributed by atoms with Crippen LogP contribution in [0.15, 0.2) is 47.8 Å². The van der Waals surface area contributed by atoms with Gasteiger partial charge in [0.15, 0.2) is 0 Å². The highest BCUT2D eigenvalue weighted by Gasteiger charge is 2.22. The van der Waals surface area contributed by atoms with E-state index in [1.165, 1.54) is 12.6 Å². The molecular formula is C18H21ClF2N4O. The van der Waals surface area contributed by atoms with Crippen molar-refractivity contribution in [3.05, 3.63) is 58.3 Å². The number of fused-ring (bicyclic) bond motifs is 1. The molecule has 2 heterocycles. The monoisotopic (exact) mass is 382 g/mol. The van der Waals surface area contributed by atoms with E-state index in [0.717, 1.165) is 5.56 Å². The number of aromatic nitrogens is 2. The minimum atomic E-state index is -2.72. The molecule has 0 radical (unpaired) electrons. The summed E-state index contributed by atoms with van der Waals surface area (Å²) in [5.41, 5.74) is 1.92. The van der Waals surface area contributed by atoms with Gasteiger partial charge in [-0.1, -0.05) is 31.9 Å². The lowest BCUT2D eigenvalue weighted by molar-refractivity contribution is 0.177. The number of nitrogens with one attached hydrogen (secondary N) is 2. The van der Waals surface area contributed by atoms with Crippen LogP contribution in [0, 0.1) is 0 Å². The number of benzene rings is 1. The molecule has 0 saturated heterocycles. The third-order valence-electron chi connectivity index (χ3n) is 3.47. The molecule has 0 saturated carbocycles. The van der Waals surface area contributed by atoms with Crippen molar-refractivity contribution in [3.63, 3.8) is 0 Å². The van der Waals surface area contributed by atoms with Crippen LogP contribution in [0.1, 0.15) is 25.8 Å². The fourth-order valence-corrected chi connectivity index (χ4v) is 2.48. The summed E-state index contributed by atoms with van der Waals surface area (Å²) in [5.74, 6) is -0.435. The lowest BCUT2D eigenvalue weighted by atomic mass is 10.1. The maximum absolute atomic E-state index is 12.8. The molecule has 0 atom stereocenters. The van der Waals surface area contributed by atoms with Crippen LogP contribution in [0.3, 0.4) is 0 Å². The quantitative estimate of drug-likeness (QED) is 0.735. The number of rotatable bonds is 4. The SMILES string of the molecule is CCC.OC1=C(C(F)F)CNC=C1NCc1cc2nccnc2cc1Cl. The van der Waals surface area contributed by atoms with Gasteiger partial charge in [0, 0.05) is 36.7 Å². The standard InChI is InChI=1S/C15H13ClF2N4O.C3H8/c16-10-4-12-11(20-1-2-21-12)3-8(10)5-22-13-7-19-6-9(14(13)23)15(17)18;1-3-2/h1-4,7,15,19,22-23H,5-6H2;3H2,1-2H3. The molecule has 0 fully saturated rings. The van der Waals surface area contributed by atoms with Gasteiger partial charge in [-0.25, -0.2) is 8.78 Å². The number of hydrogen-bond acceptors (Lipinski definition) is 5. The van der Waals surface area contributed by atoms with Crippen molar-refractivity contribution in [2.45, 2.75) is 33.2 Å². The molecule has 0 aliphatic carbocycles. The first kappa shape index (κ1) is 19.9. The summed E-state index contributed by atoms with van der Waals surface area (Å²) in [4.78, 5) is 8.35. The van der Waals surface area contributed by atoms with Gasteiger partial charge in [-0.2, -0.15) is 0 Å². The minimum absolute atomic E-state index is 0.0823. The van der Waals surface area contributed by atoms with E-state index in [1.54, 1.807) is 24.5 Å². The van der Waals surface area contributed by atoms with Crippen molar-refractivity contribution in [2.24, 2.45) is 0 Å². The Labute approximate surface area is 155 Å².